The highest BCUT2D eigenvalue weighted by molar-refractivity contribution is 5.89. The van der Waals surface area contributed by atoms with Crippen LogP contribution in [0.4, 0.5) is 0 Å². The van der Waals surface area contributed by atoms with Gasteiger partial charge >= 0.3 is 5.97 Å². The van der Waals surface area contributed by atoms with E-state index in [0.717, 1.165) is 25.7 Å². The first-order chi connectivity index (χ1) is 15.6. The van der Waals surface area contributed by atoms with Crippen LogP contribution >= 0.6 is 0 Å². The molecule has 1 heterocycles. The second-order valence-electron chi connectivity index (χ2n) is 11.1. The molecule has 4 atom stereocenters. The number of fused-ring (bicyclic) bond motifs is 3. The lowest BCUT2D eigenvalue weighted by molar-refractivity contribution is -0.150. The Morgan fingerprint density at radius 2 is 1.97 bits per heavy atom. The third-order valence-corrected chi connectivity index (χ3v) is 8.48. The maximum absolute atomic E-state index is 12.5. The largest absolute Gasteiger partial charge is 0.454 e. The molecular formula is C27H38N2O4. The van der Waals surface area contributed by atoms with Gasteiger partial charge in [0.15, 0.2) is 6.61 Å². The molecule has 6 heteroatoms. The van der Waals surface area contributed by atoms with E-state index in [1.54, 1.807) is 0 Å². The van der Waals surface area contributed by atoms with E-state index in [0.29, 0.717) is 31.2 Å². The molecule has 1 saturated heterocycles. The van der Waals surface area contributed by atoms with Crippen molar-refractivity contribution in [3.63, 3.8) is 0 Å². The minimum absolute atomic E-state index is 0.000501. The van der Waals surface area contributed by atoms with Gasteiger partial charge in [-0.15, -0.1) is 0 Å². The van der Waals surface area contributed by atoms with Crippen molar-refractivity contribution in [2.24, 2.45) is 11.3 Å². The van der Waals surface area contributed by atoms with Gasteiger partial charge in [-0.2, -0.15) is 0 Å². The van der Waals surface area contributed by atoms with E-state index >= 15 is 0 Å². The van der Waals surface area contributed by atoms with Crippen LogP contribution in [-0.4, -0.2) is 37.0 Å². The van der Waals surface area contributed by atoms with Crippen LogP contribution in [0.1, 0.15) is 88.8 Å². The predicted octanol–water partition coefficient (Wildman–Crippen LogP) is 3.76. The number of rotatable bonds is 6. The molecule has 6 nitrogen and oxygen atoms in total. The summed E-state index contributed by atoms with van der Waals surface area (Å²) in [5.74, 6) is 0.0691. The summed E-state index contributed by atoms with van der Waals surface area (Å²) >= 11 is 0. The Kier molecular flexibility index (Phi) is 6.56. The molecule has 180 valence electrons. The first kappa shape index (κ1) is 23.8. The van der Waals surface area contributed by atoms with Crippen molar-refractivity contribution in [1.29, 1.82) is 0 Å². The smallest absolute Gasteiger partial charge is 0.329 e. The monoisotopic (exact) mass is 454 g/mol. The Balaban J connectivity index is 1.39. The Hall–Kier alpha value is -2.37. The normalized spacial score (nSPS) is 30.9. The van der Waals surface area contributed by atoms with Crippen molar-refractivity contribution in [3.05, 3.63) is 34.9 Å². The molecule has 1 saturated carbocycles. The lowest BCUT2D eigenvalue weighted by Gasteiger charge is -2.55. The van der Waals surface area contributed by atoms with Crippen LogP contribution in [-0.2, 0) is 31.0 Å². The fourth-order valence-corrected chi connectivity index (χ4v) is 6.59. The number of esters is 1. The van der Waals surface area contributed by atoms with Crippen LogP contribution < -0.4 is 10.6 Å². The summed E-state index contributed by atoms with van der Waals surface area (Å²) in [6, 6.07) is 6.45. The summed E-state index contributed by atoms with van der Waals surface area (Å²) in [4.78, 5) is 35.8. The van der Waals surface area contributed by atoms with E-state index in [1.165, 1.54) is 23.1 Å². The molecule has 3 aliphatic rings. The highest BCUT2D eigenvalue weighted by Crippen LogP contribution is 2.57. The van der Waals surface area contributed by atoms with Gasteiger partial charge in [-0.25, -0.2) is 4.79 Å². The van der Waals surface area contributed by atoms with E-state index in [-0.39, 0.29) is 29.3 Å². The maximum atomic E-state index is 12.5. The van der Waals surface area contributed by atoms with Crippen molar-refractivity contribution < 1.29 is 19.1 Å². The molecular weight excluding hydrogens is 416 g/mol. The SMILES string of the molecule is CC(C)c1ccc2c(c1)CCC1C(C)(CNC(=O)COC(=O)C3CCC(=O)N3)CCCC21C. The van der Waals surface area contributed by atoms with Gasteiger partial charge in [-0.1, -0.05) is 52.3 Å². The zero-order valence-electron chi connectivity index (χ0n) is 20.5. The minimum atomic E-state index is -0.625. The van der Waals surface area contributed by atoms with Gasteiger partial charge in [0.25, 0.3) is 5.91 Å². The molecule has 1 aliphatic heterocycles. The lowest BCUT2D eigenvalue weighted by Crippen LogP contribution is -2.53. The fraction of sp³-hybridized carbons (Fsp3) is 0.667. The Bertz CT molecular complexity index is 942. The average Bonchev–Trinajstić information content (AvgIpc) is 3.22. The summed E-state index contributed by atoms with van der Waals surface area (Å²) in [7, 11) is 0. The van der Waals surface area contributed by atoms with Crippen LogP contribution in [0.15, 0.2) is 18.2 Å². The first-order valence-corrected chi connectivity index (χ1v) is 12.5. The first-order valence-electron chi connectivity index (χ1n) is 12.5. The molecule has 0 radical (unpaired) electrons. The fourth-order valence-electron chi connectivity index (χ4n) is 6.59. The predicted molar refractivity (Wildman–Crippen MR) is 127 cm³/mol. The third-order valence-electron chi connectivity index (χ3n) is 8.48. The van der Waals surface area contributed by atoms with Crippen LogP contribution in [0.25, 0.3) is 0 Å². The van der Waals surface area contributed by atoms with Crippen molar-refractivity contribution in [3.8, 4) is 0 Å². The van der Waals surface area contributed by atoms with Crippen molar-refractivity contribution in [2.45, 2.75) is 90.0 Å². The van der Waals surface area contributed by atoms with Crippen LogP contribution in [0.3, 0.4) is 0 Å². The number of hydrogen-bond donors (Lipinski definition) is 2. The second-order valence-corrected chi connectivity index (χ2v) is 11.1. The number of ether oxygens (including phenoxy) is 1. The third kappa shape index (κ3) is 4.67. The second kappa shape index (κ2) is 9.11. The van der Waals surface area contributed by atoms with Crippen molar-refractivity contribution >= 4 is 17.8 Å². The average molecular weight is 455 g/mol. The number of aryl methyl sites for hydroxylation is 1. The molecule has 0 spiro atoms. The molecule has 2 N–H and O–H groups in total. The summed E-state index contributed by atoms with van der Waals surface area (Å²) < 4.78 is 5.15. The number of carbonyl (C=O) groups excluding carboxylic acids is 3. The van der Waals surface area contributed by atoms with E-state index in [2.05, 4.69) is 56.5 Å². The van der Waals surface area contributed by atoms with Crippen LogP contribution in [0.5, 0.6) is 0 Å². The molecule has 2 aliphatic carbocycles. The Labute approximate surface area is 197 Å². The molecule has 4 rings (SSSR count). The van der Waals surface area contributed by atoms with Gasteiger partial charge in [-0.3, -0.25) is 9.59 Å². The van der Waals surface area contributed by atoms with Gasteiger partial charge in [0.05, 0.1) is 0 Å². The molecule has 0 bridgehead atoms. The molecule has 0 aromatic heterocycles. The zero-order chi connectivity index (χ0) is 23.8. The van der Waals surface area contributed by atoms with E-state index < -0.39 is 12.0 Å². The maximum Gasteiger partial charge on any atom is 0.329 e. The highest BCUT2D eigenvalue weighted by atomic mass is 16.5. The molecule has 4 unspecified atom stereocenters. The van der Waals surface area contributed by atoms with Crippen molar-refractivity contribution in [1.82, 2.24) is 10.6 Å². The Morgan fingerprint density at radius 3 is 2.67 bits per heavy atom. The van der Waals surface area contributed by atoms with E-state index in [4.69, 9.17) is 4.74 Å². The molecule has 33 heavy (non-hydrogen) atoms. The van der Waals surface area contributed by atoms with Crippen LogP contribution in [0.2, 0.25) is 0 Å². The quantitative estimate of drug-likeness (QED) is 0.641. The summed E-state index contributed by atoms with van der Waals surface area (Å²) in [6.45, 7) is 9.50. The van der Waals surface area contributed by atoms with E-state index in [1.807, 2.05) is 0 Å². The molecule has 1 aromatic carbocycles. The van der Waals surface area contributed by atoms with Gasteiger partial charge in [-0.05, 0) is 71.5 Å². The number of hydrogen-bond acceptors (Lipinski definition) is 4. The van der Waals surface area contributed by atoms with Gasteiger partial charge in [0.2, 0.25) is 5.91 Å². The molecule has 2 fully saturated rings. The number of benzene rings is 1. The van der Waals surface area contributed by atoms with Gasteiger partial charge in [0.1, 0.15) is 6.04 Å². The standard InChI is InChI=1S/C27H38N2O4/c1-17(2)18-6-8-20-19(14-18)7-10-22-26(3,12-5-13-27(20,22)4)16-28-24(31)15-33-25(32)21-9-11-23(30)29-21/h6,8,14,17,21-22H,5,7,9-13,15-16H2,1-4H3,(H,28,31)(H,29,30). The summed E-state index contributed by atoms with van der Waals surface area (Å²) in [6.07, 6.45) is 6.38. The number of amides is 2. The topological polar surface area (TPSA) is 84.5 Å². The highest BCUT2D eigenvalue weighted by Gasteiger charge is 2.51. The molecule has 1 aromatic rings. The zero-order valence-corrected chi connectivity index (χ0v) is 20.5. The summed E-state index contributed by atoms with van der Waals surface area (Å²) in [5.41, 5.74) is 4.52. The lowest BCUT2D eigenvalue weighted by atomic mass is 9.49. The minimum Gasteiger partial charge on any atom is -0.454 e. The molecule has 2 amide bonds. The van der Waals surface area contributed by atoms with E-state index in [9.17, 15) is 14.4 Å². The van der Waals surface area contributed by atoms with Gasteiger partial charge < -0.3 is 15.4 Å². The van der Waals surface area contributed by atoms with Crippen molar-refractivity contribution in [2.75, 3.05) is 13.2 Å². The number of carbonyl (C=O) groups is 3. The number of nitrogens with one attached hydrogen (secondary N) is 2. The van der Waals surface area contributed by atoms with Gasteiger partial charge in [0, 0.05) is 13.0 Å². The van der Waals surface area contributed by atoms with Crippen LogP contribution in [0, 0.1) is 11.3 Å². The summed E-state index contributed by atoms with van der Waals surface area (Å²) in [5, 5.41) is 5.62. The Morgan fingerprint density at radius 1 is 1.18 bits per heavy atom.